The summed E-state index contributed by atoms with van der Waals surface area (Å²) in [4.78, 5) is 7.88. The van der Waals surface area contributed by atoms with Crippen molar-refractivity contribution in [2.45, 2.75) is 13.3 Å². The van der Waals surface area contributed by atoms with Crippen molar-refractivity contribution in [2.24, 2.45) is 0 Å². The summed E-state index contributed by atoms with van der Waals surface area (Å²) in [6, 6.07) is 1.51. The number of halogens is 1. The van der Waals surface area contributed by atoms with Gasteiger partial charge in [-0.05, 0) is 6.42 Å². The fourth-order valence-corrected chi connectivity index (χ4v) is 0.943. The van der Waals surface area contributed by atoms with E-state index in [2.05, 4.69) is 22.2 Å². The molecule has 0 radical (unpaired) electrons. The monoisotopic (exact) mass is 186 g/mol. The van der Waals surface area contributed by atoms with Gasteiger partial charge in [0.1, 0.15) is 11.0 Å². The summed E-state index contributed by atoms with van der Waals surface area (Å²) in [5, 5.41) is 3.35. The molecule has 0 amide bonds. The number of nitrogens with two attached hydrogens (primary N) is 1. The smallest absolute Gasteiger partial charge is 0.226 e. The molecule has 0 unspecified atom stereocenters. The highest BCUT2D eigenvalue weighted by molar-refractivity contribution is 6.29. The summed E-state index contributed by atoms with van der Waals surface area (Å²) in [7, 11) is 0. The van der Waals surface area contributed by atoms with Crippen LogP contribution < -0.4 is 11.1 Å². The van der Waals surface area contributed by atoms with Crippen molar-refractivity contribution in [3.8, 4) is 0 Å². The Labute approximate surface area is 76.2 Å². The zero-order valence-electron chi connectivity index (χ0n) is 6.84. The van der Waals surface area contributed by atoms with E-state index in [1.54, 1.807) is 0 Å². The highest BCUT2D eigenvalue weighted by atomic mass is 35.5. The minimum Gasteiger partial charge on any atom is -0.383 e. The fraction of sp³-hybridized carbons (Fsp3) is 0.429. The largest absolute Gasteiger partial charge is 0.383 e. The van der Waals surface area contributed by atoms with Gasteiger partial charge in [-0.25, -0.2) is 4.98 Å². The van der Waals surface area contributed by atoms with Crippen molar-refractivity contribution in [2.75, 3.05) is 17.6 Å². The Hall–Kier alpha value is -1.03. The standard InChI is InChI=1S/C7H11ClN4/c1-2-3-10-7-11-5(8)4-6(9)12-7/h4H,2-3H2,1H3,(H3,9,10,11,12). The summed E-state index contributed by atoms with van der Waals surface area (Å²) < 4.78 is 0. The van der Waals surface area contributed by atoms with Crippen molar-refractivity contribution in [3.63, 3.8) is 0 Å². The minimum absolute atomic E-state index is 0.362. The SMILES string of the molecule is CCCNc1nc(N)cc(Cl)n1. The van der Waals surface area contributed by atoms with Gasteiger partial charge in [0.25, 0.3) is 0 Å². The van der Waals surface area contributed by atoms with Crippen LogP contribution in [0.5, 0.6) is 0 Å². The second-order valence-corrected chi connectivity index (χ2v) is 2.75. The summed E-state index contributed by atoms with van der Waals surface area (Å²) in [6.45, 7) is 2.88. The summed E-state index contributed by atoms with van der Waals surface area (Å²) in [5.74, 6) is 0.871. The van der Waals surface area contributed by atoms with E-state index in [4.69, 9.17) is 17.3 Å². The van der Waals surface area contributed by atoms with Crippen LogP contribution in [0.15, 0.2) is 6.07 Å². The van der Waals surface area contributed by atoms with Gasteiger partial charge in [-0.2, -0.15) is 4.98 Å². The molecule has 1 aromatic rings. The topological polar surface area (TPSA) is 63.8 Å². The maximum atomic E-state index is 5.66. The van der Waals surface area contributed by atoms with E-state index in [-0.39, 0.29) is 0 Å². The van der Waals surface area contributed by atoms with Crippen molar-refractivity contribution in [3.05, 3.63) is 11.2 Å². The molecule has 0 aromatic carbocycles. The predicted octanol–water partition coefficient (Wildman–Crippen LogP) is 1.53. The number of anilines is 2. The zero-order chi connectivity index (χ0) is 8.97. The molecular weight excluding hydrogens is 176 g/mol. The molecule has 0 atom stereocenters. The van der Waals surface area contributed by atoms with Crippen LogP contribution in [0.3, 0.4) is 0 Å². The number of hydrogen-bond acceptors (Lipinski definition) is 4. The Balaban J connectivity index is 2.72. The first-order valence-electron chi connectivity index (χ1n) is 3.76. The summed E-state index contributed by atoms with van der Waals surface area (Å²) in [5.41, 5.74) is 5.46. The van der Waals surface area contributed by atoms with Crippen LogP contribution in [-0.4, -0.2) is 16.5 Å². The number of aromatic nitrogens is 2. The van der Waals surface area contributed by atoms with Gasteiger partial charge in [-0.3, -0.25) is 0 Å². The van der Waals surface area contributed by atoms with Crippen LogP contribution in [0.4, 0.5) is 11.8 Å². The summed E-state index contributed by atoms with van der Waals surface area (Å²) >= 11 is 5.66. The normalized spacial score (nSPS) is 9.83. The Bertz CT molecular complexity index is 243. The molecule has 1 heterocycles. The van der Waals surface area contributed by atoms with E-state index in [0.29, 0.717) is 16.9 Å². The quantitative estimate of drug-likeness (QED) is 0.703. The lowest BCUT2D eigenvalue weighted by Gasteiger charge is -2.02. The van der Waals surface area contributed by atoms with Gasteiger partial charge in [0.15, 0.2) is 0 Å². The van der Waals surface area contributed by atoms with Crippen LogP contribution >= 0.6 is 11.6 Å². The molecule has 5 heteroatoms. The second kappa shape index (κ2) is 4.11. The third kappa shape index (κ3) is 2.54. The fourth-order valence-electron chi connectivity index (χ4n) is 0.751. The number of nitrogens with one attached hydrogen (secondary N) is 1. The van der Waals surface area contributed by atoms with Gasteiger partial charge in [0.2, 0.25) is 5.95 Å². The molecule has 12 heavy (non-hydrogen) atoms. The Morgan fingerprint density at radius 1 is 1.58 bits per heavy atom. The molecular formula is C7H11ClN4. The number of rotatable bonds is 3. The molecule has 4 nitrogen and oxygen atoms in total. The Morgan fingerprint density at radius 3 is 2.92 bits per heavy atom. The molecule has 0 aliphatic carbocycles. The van der Waals surface area contributed by atoms with E-state index in [1.165, 1.54) is 6.07 Å². The second-order valence-electron chi connectivity index (χ2n) is 2.37. The van der Waals surface area contributed by atoms with Crippen molar-refractivity contribution < 1.29 is 0 Å². The molecule has 0 saturated carbocycles. The van der Waals surface area contributed by atoms with Crippen molar-refractivity contribution in [1.29, 1.82) is 0 Å². The predicted molar refractivity (Wildman–Crippen MR) is 50.2 cm³/mol. The first-order chi connectivity index (χ1) is 5.72. The average Bonchev–Trinajstić information content (AvgIpc) is 1.99. The molecule has 1 aromatic heterocycles. The number of nitrogen functional groups attached to an aromatic ring is 1. The molecule has 0 spiro atoms. The lowest BCUT2D eigenvalue weighted by molar-refractivity contribution is 0.954. The van der Waals surface area contributed by atoms with Crippen LogP contribution in [0, 0.1) is 0 Å². The lowest BCUT2D eigenvalue weighted by Crippen LogP contribution is -2.05. The minimum atomic E-state index is 0.362. The molecule has 3 N–H and O–H groups in total. The van der Waals surface area contributed by atoms with Gasteiger partial charge in [-0.1, -0.05) is 18.5 Å². The van der Waals surface area contributed by atoms with Gasteiger partial charge in [-0.15, -0.1) is 0 Å². The Morgan fingerprint density at radius 2 is 2.33 bits per heavy atom. The van der Waals surface area contributed by atoms with Crippen LogP contribution in [0.2, 0.25) is 5.15 Å². The van der Waals surface area contributed by atoms with Gasteiger partial charge in [0.05, 0.1) is 0 Å². The third-order valence-corrected chi connectivity index (χ3v) is 1.44. The summed E-state index contributed by atoms with van der Waals surface area (Å²) in [6.07, 6.45) is 1.01. The highest BCUT2D eigenvalue weighted by Gasteiger charge is 1.98. The van der Waals surface area contributed by atoms with Gasteiger partial charge < -0.3 is 11.1 Å². The Kier molecular flexibility index (Phi) is 3.10. The highest BCUT2D eigenvalue weighted by Crippen LogP contribution is 2.10. The molecule has 0 aliphatic rings. The molecule has 66 valence electrons. The number of hydrogen-bond donors (Lipinski definition) is 2. The van der Waals surface area contributed by atoms with Crippen molar-refractivity contribution >= 4 is 23.4 Å². The van der Waals surface area contributed by atoms with E-state index in [1.807, 2.05) is 0 Å². The van der Waals surface area contributed by atoms with E-state index >= 15 is 0 Å². The maximum absolute atomic E-state index is 5.66. The first kappa shape index (κ1) is 9.06. The van der Waals surface area contributed by atoms with Crippen LogP contribution in [-0.2, 0) is 0 Å². The first-order valence-corrected chi connectivity index (χ1v) is 4.14. The zero-order valence-corrected chi connectivity index (χ0v) is 7.60. The van der Waals surface area contributed by atoms with E-state index in [9.17, 15) is 0 Å². The molecule has 0 fully saturated rings. The third-order valence-electron chi connectivity index (χ3n) is 1.25. The molecule has 0 saturated heterocycles. The number of nitrogens with zero attached hydrogens (tertiary/aromatic N) is 2. The molecule has 1 rings (SSSR count). The van der Waals surface area contributed by atoms with Gasteiger partial charge in [0, 0.05) is 12.6 Å². The van der Waals surface area contributed by atoms with Crippen molar-refractivity contribution in [1.82, 2.24) is 9.97 Å². The van der Waals surface area contributed by atoms with Crippen LogP contribution in [0.1, 0.15) is 13.3 Å². The average molecular weight is 187 g/mol. The molecule has 0 bridgehead atoms. The lowest BCUT2D eigenvalue weighted by atomic mass is 10.5. The van der Waals surface area contributed by atoms with E-state index in [0.717, 1.165) is 13.0 Å². The van der Waals surface area contributed by atoms with Crippen LogP contribution in [0.25, 0.3) is 0 Å². The van der Waals surface area contributed by atoms with E-state index < -0.39 is 0 Å². The maximum Gasteiger partial charge on any atom is 0.226 e. The molecule has 0 aliphatic heterocycles. The van der Waals surface area contributed by atoms with Gasteiger partial charge >= 0.3 is 0 Å².